The number of aryl methyl sites for hydroxylation is 1. The number of hydrogen-bond acceptors (Lipinski definition) is 9. The molecule has 5 heterocycles. The molecule has 312 valence electrons. The lowest BCUT2D eigenvalue weighted by Crippen LogP contribution is -2.55. The monoisotopic (exact) mass is 845 g/mol. The average Bonchev–Trinajstić information content (AvgIpc) is 3.97. The molecule has 5 aromatic rings. The number of nitrogens with one attached hydrogen (secondary N) is 1. The van der Waals surface area contributed by atoms with Crippen molar-refractivity contribution in [3.63, 3.8) is 0 Å². The zero-order chi connectivity index (χ0) is 41.8. The lowest BCUT2D eigenvalue weighted by atomic mass is 9.82. The molecule has 12 nitrogen and oxygen atoms in total. The number of halogens is 1. The number of rotatable bonds is 11. The number of benzene rings is 4. The zero-order valence-electron chi connectivity index (χ0n) is 34.2. The number of nitrogens with zero attached hydrogens (tertiary/aromatic N) is 6. The van der Waals surface area contributed by atoms with E-state index < -0.39 is 25.6 Å². The number of anilines is 3. The molecule has 4 aliphatic rings. The molecular formula is C46H52ClN7O5Si. The summed E-state index contributed by atoms with van der Waals surface area (Å²) in [6, 6.07) is 33.4. The van der Waals surface area contributed by atoms with Gasteiger partial charge >= 0.3 is 0 Å². The molecule has 0 aliphatic carbocycles. The maximum atomic E-state index is 15.2. The van der Waals surface area contributed by atoms with Crippen LogP contribution in [0.1, 0.15) is 54.5 Å². The fourth-order valence-electron chi connectivity index (χ4n) is 10.5. The van der Waals surface area contributed by atoms with Crippen LogP contribution in [0.2, 0.25) is 23.7 Å². The van der Waals surface area contributed by atoms with Gasteiger partial charge in [-0.25, -0.2) is 0 Å². The predicted octanol–water partition coefficient (Wildman–Crippen LogP) is 6.42. The van der Waals surface area contributed by atoms with E-state index in [0.29, 0.717) is 48.8 Å². The molecule has 1 unspecified atom stereocenters. The third-order valence-corrected chi connectivity index (χ3v) is 16.1. The lowest BCUT2D eigenvalue weighted by Gasteiger charge is -2.39. The highest BCUT2D eigenvalue weighted by molar-refractivity contribution is 6.71. The van der Waals surface area contributed by atoms with Crippen molar-refractivity contribution in [2.45, 2.75) is 81.1 Å². The maximum absolute atomic E-state index is 15.2. The Morgan fingerprint density at radius 1 is 0.933 bits per heavy atom. The van der Waals surface area contributed by atoms with Gasteiger partial charge in [-0.05, 0) is 99.0 Å². The van der Waals surface area contributed by atoms with Crippen LogP contribution < -0.4 is 20.0 Å². The number of carbonyl (C=O) groups is 2. The van der Waals surface area contributed by atoms with Crippen molar-refractivity contribution in [2.75, 3.05) is 41.1 Å². The Balaban J connectivity index is 0.991. The van der Waals surface area contributed by atoms with E-state index in [0.717, 1.165) is 41.3 Å². The van der Waals surface area contributed by atoms with E-state index in [9.17, 15) is 14.7 Å². The van der Waals surface area contributed by atoms with Gasteiger partial charge in [0.25, 0.3) is 11.8 Å². The topological polar surface area (TPSA) is 136 Å². The van der Waals surface area contributed by atoms with Crippen molar-refractivity contribution in [1.29, 1.82) is 0 Å². The molecule has 0 bridgehead atoms. The highest BCUT2D eigenvalue weighted by Crippen LogP contribution is 2.60. The van der Waals surface area contributed by atoms with Gasteiger partial charge in [-0.1, -0.05) is 84.4 Å². The van der Waals surface area contributed by atoms with E-state index in [2.05, 4.69) is 32.7 Å². The van der Waals surface area contributed by atoms with Crippen LogP contribution >= 0.6 is 11.6 Å². The molecule has 4 aliphatic heterocycles. The van der Waals surface area contributed by atoms with E-state index in [-0.39, 0.29) is 42.3 Å². The smallest absolute Gasteiger partial charge is 0.264 e. The SMILES string of the molecule is C[C@H]1[C@H]([Si](C)(C)O)[C@@H](CCn2cc(C(CO)c3ccccc3)nn2)O[C@]12C(=O)N(Cc1cccc(N3CN(c4ccccc4)C4(CCNCC4)C3=O)c1)c1ccc(Cl)cc12. The molecule has 0 radical (unpaired) electrons. The molecule has 1 aromatic heterocycles. The quantitative estimate of drug-likeness (QED) is 0.129. The minimum absolute atomic E-state index is 0.0915. The van der Waals surface area contributed by atoms with E-state index >= 15 is 4.79 Å². The maximum Gasteiger partial charge on any atom is 0.264 e. The summed E-state index contributed by atoms with van der Waals surface area (Å²) in [7, 11) is -2.93. The van der Waals surface area contributed by atoms with E-state index in [1.807, 2.05) is 116 Å². The summed E-state index contributed by atoms with van der Waals surface area (Å²) in [6.07, 6.45) is 3.31. The van der Waals surface area contributed by atoms with E-state index in [1.54, 1.807) is 15.6 Å². The first kappa shape index (κ1) is 40.5. The predicted molar refractivity (Wildman–Crippen MR) is 234 cm³/mol. The molecule has 3 fully saturated rings. The lowest BCUT2D eigenvalue weighted by molar-refractivity contribution is -0.146. The average molecular weight is 847 g/mol. The summed E-state index contributed by atoms with van der Waals surface area (Å²) >= 11 is 6.69. The van der Waals surface area contributed by atoms with Crippen LogP contribution in [0.3, 0.4) is 0 Å². The summed E-state index contributed by atoms with van der Waals surface area (Å²) < 4.78 is 8.84. The van der Waals surface area contributed by atoms with Gasteiger partial charge in [0.15, 0.2) is 13.9 Å². The van der Waals surface area contributed by atoms with Gasteiger partial charge in [-0.15, -0.1) is 5.10 Å². The first-order valence-corrected chi connectivity index (χ1v) is 24.4. The number of ether oxygens (including phenoxy) is 1. The van der Waals surface area contributed by atoms with Crippen molar-refractivity contribution in [3.8, 4) is 0 Å². The minimum atomic E-state index is -2.93. The summed E-state index contributed by atoms with van der Waals surface area (Å²) in [6.45, 7) is 8.41. The number of para-hydroxylation sites is 1. The third-order valence-electron chi connectivity index (χ3n) is 13.4. The second kappa shape index (κ2) is 15.9. The van der Waals surface area contributed by atoms with Gasteiger partial charge in [0, 0.05) is 46.2 Å². The molecule has 2 amide bonds. The van der Waals surface area contributed by atoms with Crippen molar-refractivity contribution in [3.05, 3.63) is 137 Å². The number of amides is 2. The summed E-state index contributed by atoms with van der Waals surface area (Å²) in [5.74, 6) is -0.779. The largest absolute Gasteiger partial charge is 0.432 e. The van der Waals surface area contributed by atoms with Crippen LogP contribution in [0.25, 0.3) is 0 Å². The Morgan fingerprint density at radius 3 is 2.37 bits per heavy atom. The first-order valence-electron chi connectivity index (χ1n) is 21.0. The van der Waals surface area contributed by atoms with Gasteiger partial charge in [-0.3, -0.25) is 19.2 Å². The Labute approximate surface area is 356 Å². The van der Waals surface area contributed by atoms with Crippen molar-refractivity contribution >= 4 is 48.8 Å². The van der Waals surface area contributed by atoms with Crippen LogP contribution in [0, 0.1) is 5.92 Å². The van der Waals surface area contributed by atoms with Gasteiger partial charge in [0.05, 0.1) is 43.2 Å². The third kappa shape index (κ3) is 6.85. The van der Waals surface area contributed by atoms with Gasteiger partial charge in [0.2, 0.25) is 0 Å². The second-order valence-corrected chi connectivity index (χ2v) is 21.8. The molecule has 5 atom stereocenters. The molecule has 14 heteroatoms. The summed E-state index contributed by atoms with van der Waals surface area (Å²) in [4.78, 5) is 47.5. The minimum Gasteiger partial charge on any atom is -0.432 e. The molecule has 3 N–H and O–H groups in total. The molecule has 3 saturated heterocycles. The summed E-state index contributed by atoms with van der Waals surface area (Å²) in [5.41, 5.74) is 3.43. The van der Waals surface area contributed by atoms with E-state index in [4.69, 9.17) is 16.3 Å². The fourth-order valence-corrected chi connectivity index (χ4v) is 13.3. The molecule has 0 saturated carbocycles. The Morgan fingerprint density at radius 2 is 1.65 bits per heavy atom. The van der Waals surface area contributed by atoms with Gasteiger partial charge in [-0.2, -0.15) is 0 Å². The number of carbonyl (C=O) groups excluding carboxylic acids is 2. The molecule has 2 spiro atoms. The number of fused-ring (bicyclic) bond motifs is 2. The number of piperidine rings is 1. The zero-order valence-corrected chi connectivity index (χ0v) is 36.0. The van der Waals surface area contributed by atoms with Crippen molar-refractivity contribution in [1.82, 2.24) is 20.3 Å². The molecular weight excluding hydrogens is 794 g/mol. The number of aliphatic hydroxyl groups is 1. The highest BCUT2D eigenvalue weighted by atomic mass is 35.5. The number of aliphatic hydroxyl groups excluding tert-OH is 1. The van der Waals surface area contributed by atoms with Gasteiger partial charge < -0.3 is 29.8 Å². The van der Waals surface area contributed by atoms with Crippen molar-refractivity contribution in [2.24, 2.45) is 5.92 Å². The second-order valence-electron chi connectivity index (χ2n) is 17.3. The molecule has 9 rings (SSSR count). The van der Waals surface area contributed by atoms with Crippen molar-refractivity contribution < 1.29 is 24.2 Å². The fraction of sp³-hybridized carbons (Fsp3) is 0.391. The normalized spacial score (nSPS) is 24.2. The van der Waals surface area contributed by atoms with Crippen LogP contribution in [-0.4, -0.2) is 83.0 Å². The van der Waals surface area contributed by atoms with Crippen LogP contribution in [-0.2, 0) is 33.0 Å². The highest BCUT2D eigenvalue weighted by Gasteiger charge is 2.66. The molecule has 60 heavy (non-hydrogen) atoms. The van der Waals surface area contributed by atoms with Gasteiger partial charge in [0.1, 0.15) is 5.54 Å². The van der Waals surface area contributed by atoms with E-state index in [1.165, 1.54) is 0 Å². The molecule has 4 aromatic carbocycles. The Bertz CT molecular complexity index is 2370. The number of hydrogen-bond donors (Lipinski definition) is 3. The van der Waals surface area contributed by atoms with Crippen LogP contribution in [0.4, 0.5) is 17.1 Å². The van der Waals surface area contributed by atoms with Crippen LogP contribution in [0.5, 0.6) is 0 Å². The van der Waals surface area contributed by atoms with Crippen LogP contribution in [0.15, 0.2) is 109 Å². The summed E-state index contributed by atoms with van der Waals surface area (Å²) in [5, 5.41) is 23.0. The standard InChI is InChI=1S/C46H52ClN7O5Si/c1-31-42(60(2,3)58)41(19-24-51-28-39(49-50-51)37(29-55)33-12-6-4-7-13-33)59-46(31)38-26-34(47)17-18-40(38)52(44(46)57)27-32-11-10-16-36(25-32)53-30-54(35-14-8-5-9-15-35)45(43(53)56)20-22-48-23-21-45/h4-18,25-26,28,31,37,41-42,48,55,58H,19-24,27,29-30H2,1-3H3/t31-,37?,41+,42-,46+/m0/s1. The number of aromatic nitrogens is 3. The Kier molecular flexibility index (Phi) is 10.7. The Hall–Kier alpha value is -4.89. The first-order chi connectivity index (χ1) is 28.9.